The molecule has 2 aliphatic heterocycles. The van der Waals surface area contributed by atoms with Gasteiger partial charge in [-0.15, -0.1) is 10.2 Å². The molecule has 0 unspecified atom stereocenters. The Balaban J connectivity index is 0.000000194. The molecule has 2 saturated heterocycles. The van der Waals surface area contributed by atoms with Gasteiger partial charge in [-0.1, -0.05) is 108 Å². The Kier molecular flexibility index (Phi) is 18.0. The first kappa shape index (κ1) is 55.5. The average molecular weight is 1110 g/mol. The van der Waals surface area contributed by atoms with Crippen molar-refractivity contribution in [3.05, 3.63) is 225 Å². The van der Waals surface area contributed by atoms with Crippen LogP contribution in [0.15, 0.2) is 170 Å². The lowest BCUT2D eigenvalue weighted by Gasteiger charge is -2.40. The highest BCUT2D eigenvalue weighted by atomic mass is 35.5. The summed E-state index contributed by atoms with van der Waals surface area (Å²) < 4.78 is 2.96. The van der Waals surface area contributed by atoms with Gasteiger partial charge in [0.05, 0.1) is 34.6 Å². The lowest BCUT2D eigenvalue weighted by atomic mass is 9.80. The quantitative estimate of drug-likeness (QED) is 0.0858. The number of rotatable bonds is 16. The third kappa shape index (κ3) is 13.5. The van der Waals surface area contributed by atoms with Crippen LogP contribution in [0, 0.1) is 0 Å². The van der Waals surface area contributed by atoms with Crippen LogP contribution in [0.2, 0.25) is 10.0 Å². The monoisotopic (exact) mass is 1110 g/mol. The van der Waals surface area contributed by atoms with Gasteiger partial charge in [0, 0.05) is 71.1 Å². The van der Waals surface area contributed by atoms with Gasteiger partial charge in [0.15, 0.2) is 11.6 Å². The number of carbonyl (C=O) groups excluding carboxylic acids is 4. The first-order chi connectivity index (χ1) is 38.8. The minimum atomic E-state index is -1.03. The molecule has 0 aliphatic carbocycles. The van der Waals surface area contributed by atoms with Crippen molar-refractivity contribution in [2.24, 2.45) is 0 Å². The normalized spacial score (nSPS) is 17.2. The van der Waals surface area contributed by atoms with Gasteiger partial charge in [0.1, 0.15) is 12.7 Å². The van der Waals surface area contributed by atoms with Gasteiger partial charge in [-0.2, -0.15) is 9.36 Å². The minimum Gasteiger partial charge on any atom is -0.478 e. The van der Waals surface area contributed by atoms with E-state index in [2.05, 4.69) is 31.1 Å². The number of aromatic nitrogens is 8. The summed E-state index contributed by atoms with van der Waals surface area (Å²) in [6.45, 7) is 0.881. The molecule has 4 atom stereocenters. The summed E-state index contributed by atoms with van der Waals surface area (Å²) in [4.78, 5) is 80.8. The molecule has 2 aromatic heterocycles. The highest BCUT2D eigenvalue weighted by molar-refractivity contribution is 6.31. The highest BCUT2D eigenvalue weighted by Gasteiger charge is 2.40. The fraction of sp³-hybridized carbons (Fsp3) is 0.200. The Labute approximate surface area is 469 Å². The summed E-state index contributed by atoms with van der Waals surface area (Å²) in [6.07, 6.45) is 12.3. The Morgan fingerprint density at radius 1 is 0.512 bits per heavy atom. The van der Waals surface area contributed by atoms with Crippen molar-refractivity contribution in [2.45, 2.75) is 62.4 Å². The highest BCUT2D eigenvalue weighted by Crippen LogP contribution is 2.36. The van der Waals surface area contributed by atoms with E-state index in [4.69, 9.17) is 23.2 Å². The number of nitrogens with zero attached hydrogens (tertiary/aromatic N) is 10. The minimum absolute atomic E-state index is 0.0825. The average Bonchev–Trinajstić information content (AvgIpc) is 4.25. The molecule has 10 rings (SSSR count). The molecular weight excluding hydrogens is 1060 g/mol. The summed E-state index contributed by atoms with van der Waals surface area (Å²) in [5, 5.41) is 42.0. The van der Waals surface area contributed by atoms with E-state index in [0.717, 1.165) is 36.8 Å². The largest absolute Gasteiger partial charge is 0.478 e. The van der Waals surface area contributed by atoms with Crippen LogP contribution in [0.3, 0.4) is 0 Å². The van der Waals surface area contributed by atoms with E-state index in [9.17, 15) is 39.0 Å². The molecule has 80 heavy (non-hydrogen) atoms. The van der Waals surface area contributed by atoms with Crippen molar-refractivity contribution in [3.8, 4) is 11.4 Å². The van der Waals surface area contributed by atoms with E-state index in [0.29, 0.717) is 56.8 Å². The Morgan fingerprint density at radius 3 is 1.25 bits per heavy atom. The van der Waals surface area contributed by atoms with Gasteiger partial charge in [0.25, 0.3) is 0 Å². The number of ketones is 2. The molecule has 404 valence electrons. The van der Waals surface area contributed by atoms with Crippen molar-refractivity contribution >= 4 is 70.7 Å². The summed E-state index contributed by atoms with van der Waals surface area (Å²) in [5.74, 6) is -3.17. The number of likely N-dealkylation sites (tertiary alicyclic amines) is 2. The number of hydrogen-bond acceptors (Lipinski definition) is 12. The van der Waals surface area contributed by atoms with Crippen LogP contribution >= 0.6 is 23.2 Å². The number of aromatic carboxylic acids is 2. The number of carbonyl (C=O) groups is 6. The fourth-order valence-corrected chi connectivity index (χ4v) is 10.7. The standard InChI is InChI=1S/2C30H26ClN5O4/c2*31-24-13-14-26(36-19-32-33-34-36)23(18-24)12-15-28(38)35-16-4-7-25(21-5-2-1-3-6-21)29(35)27(37)17-20-8-10-22(11-9-20)30(39)40/h2*1-3,5-6,8-15,18-19,25,29H,4,7,16-17H2,(H,39,40)/b2*15-12+/t2*25-,29-/m00/s1. The zero-order valence-corrected chi connectivity index (χ0v) is 44.4. The number of carboxylic acids is 2. The van der Waals surface area contributed by atoms with Gasteiger partial charge in [-0.05, 0) is 142 Å². The maximum Gasteiger partial charge on any atom is 0.335 e. The molecule has 0 radical (unpaired) electrons. The number of benzene rings is 6. The molecule has 0 spiro atoms. The topological polar surface area (TPSA) is 237 Å². The van der Waals surface area contributed by atoms with E-state index >= 15 is 0 Å². The number of hydrogen-bond donors (Lipinski definition) is 2. The van der Waals surface area contributed by atoms with E-state index < -0.39 is 24.0 Å². The van der Waals surface area contributed by atoms with Crippen LogP contribution < -0.4 is 0 Å². The fourth-order valence-electron chi connectivity index (χ4n) is 10.3. The molecular formula is C60H52Cl2N10O8. The van der Waals surface area contributed by atoms with Crippen LogP contribution in [0.1, 0.15) is 91.6 Å². The van der Waals surface area contributed by atoms with Crippen LogP contribution in [-0.4, -0.2) is 121 Å². The SMILES string of the molecule is O=C(O)c1ccc(CC(=O)[C@@H]2[C@H](c3ccccc3)CCCN2C(=O)/C=C/c2cc(Cl)ccc2-n2cnnn2)cc1.O=C(O)c1ccc(CC(=O)[C@@H]2[C@H](c3ccccc3)CCCN2C(=O)/C=C/c2cc(Cl)ccc2-n2cnnn2)cc1. The van der Waals surface area contributed by atoms with Gasteiger partial charge in [0.2, 0.25) is 11.8 Å². The van der Waals surface area contributed by atoms with E-state index in [1.807, 2.05) is 60.7 Å². The molecule has 6 aromatic carbocycles. The number of piperidine rings is 2. The molecule has 8 aromatic rings. The molecule has 20 heteroatoms. The van der Waals surface area contributed by atoms with Gasteiger partial charge in [-0.25, -0.2) is 9.59 Å². The second-order valence-electron chi connectivity index (χ2n) is 19.1. The molecule has 4 heterocycles. The van der Waals surface area contributed by atoms with Crippen LogP contribution in [0.5, 0.6) is 0 Å². The molecule has 2 N–H and O–H groups in total. The van der Waals surface area contributed by atoms with Gasteiger partial charge in [-0.3, -0.25) is 19.2 Å². The van der Waals surface area contributed by atoms with Crippen molar-refractivity contribution in [2.75, 3.05) is 13.1 Å². The number of halogens is 2. The van der Waals surface area contributed by atoms with Crippen LogP contribution in [0.25, 0.3) is 23.5 Å². The first-order valence-corrected chi connectivity index (χ1v) is 26.4. The maximum absolute atomic E-state index is 13.8. The van der Waals surface area contributed by atoms with Crippen LogP contribution in [-0.2, 0) is 32.0 Å². The first-order valence-electron chi connectivity index (χ1n) is 25.6. The van der Waals surface area contributed by atoms with Crippen molar-refractivity contribution in [1.29, 1.82) is 0 Å². The van der Waals surface area contributed by atoms with Gasteiger partial charge >= 0.3 is 11.9 Å². The predicted molar refractivity (Wildman–Crippen MR) is 298 cm³/mol. The summed E-state index contributed by atoms with van der Waals surface area (Å²) in [6, 6.07) is 41.1. The number of Topliss-reactive ketones (excluding diaryl/α,β-unsaturated/α-hetero) is 2. The lowest BCUT2D eigenvalue weighted by molar-refractivity contribution is -0.138. The lowest BCUT2D eigenvalue weighted by Crippen LogP contribution is -2.51. The van der Waals surface area contributed by atoms with Crippen molar-refractivity contribution in [3.63, 3.8) is 0 Å². The predicted octanol–water partition coefficient (Wildman–Crippen LogP) is 9.23. The smallest absolute Gasteiger partial charge is 0.335 e. The molecule has 18 nitrogen and oxygen atoms in total. The maximum atomic E-state index is 13.8. The molecule has 2 amide bonds. The van der Waals surface area contributed by atoms with E-state index in [1.165, 1.54) is 58.4 Å². The van der Waals surface area contributed by atoms with Crippen molar-refractivity contribution < 1.29 is 39.0 Å². The zero-order chi connectivity index (χ0) is 56.1. The Morgan fingerprint density at radius 2 is 0.900 bits per heavy atom. The summed E-state index contributed by atoms with van der Waals surface area (Å²) in [5.41, 5.74) is 6.28. The Bertz CT molecular complexity index is 3310. The number of tetrazole rings is 2. The molecule has 2 fully saturated rings. The third-order valence-electron chi connectivity index (χ3n) is 14.1. The second-order valence-corrected chi connectivity index (χ2v) is 20.0. The molecule has 2 aliphatic rings. The second kappa shape index (κ2) is 25.9. The van der Waals surface area contributed by atoms with Crippen LogP contribution in [0.4, 0.5) is 0 Å². The third-order valence-corrected chi connectivity index (χ3v) is 14.6. The number of amides is 2. The zero-order valence-electron chi connectivity index (χ0n) is 42.9. The summed E-state index contributed by atoms with van der Waals surface area (Å²) >= 11 is 12.5. The van der Waals surface area contributed by atoms with Crippen molar-refractivity contribution in [1.82, 2.24) is 50.2 Å². The molecule has 0 bridgehead atoms. The number of carboxylic acid groups (broad SMARTS) is 2. The molecule has 0 saturated carbocycles. The summed E-state index contributed by atoms with van der Waals surface area (Å²) in [7, 11) is 0. The van der Waals surface area contributed by atoms with E-state index in [1.54, 1.807) is 82.6 Å². The Hall–Kier alpha value is -9.26. The van der Waals surface area contributed by atoms with Gasteiger partial charge < -0.3 is 20.0 Å². The van der Waals surface area contributed by atoms with E-state index in [-0.39, 0.29) is 59.2 Å².